The number of nitrogens with zero attached hydrogens (tertiary/aromatic N) is 3. The summed E-state index contributed by atoms with van der Waals surface area (Å²) in [5.41, 5.74) is 7.42. The van der Waals surface area contributed by atoms with Crippen LogP contribution in [0.5, 0.6) is 0 Å². The second-order valence-corrected chi connectivity index (χ2v) is 3.62. The molecule has 0 atom stereocenters. The Bertz CT molecular complexity index is 424. The van der Waals surface area contributed by atoms with Gasteiger partial charge in [0.15, 0.2) is 5.01 Å². The topological polar surface area (TPSA) is 64.7 Å². The summed E-state index contributed by atoms with van der Waals surface area (Å²) < 4.78 is 0. The second kappa shape index (κ2) is 3.10. The smallest absolute Gasteiger partial charge is 0.203 e. The molecular weight excluding hydrogens is 184 g/mol. The summed E-state index contributed by atoms with van der Waals surface area (Å²) in [6.45, 7) is 1.99. The molecule has 0 aliphatic heterocycles. The largest absolute Gasteiger partial charge is 0.374 e. The predicted molar refractivity (Wildman–Crippen MR) is 52.3 cm³/mol. The Morgan fingerprint density at radius 2 is 2.23 bits per heavy atom. The highest BCUT2D eigenvalue weighted by Gasteiger charge is 2.07. The van der Waals surface area contributed by atoms with Gasteiger partial charge in [-0.3, -0.25) is 4.98 Å². The SMILES string of the molecule is Cc1cccnc1-c1nnc(N)s1. The lowest BCUT2D eigenvalue weighted by molar-refractivity contribution is 1.09. The Labute approximate surface area is 79.5 Å². The highest BCUT2D eigenvalue weighted by Crippen LogP contribution is 2.24. The van der Waals surface area contributed by atoms with E-state index in [-0.39, 0.29) is 0 Å². The van der Waals surface area contributed by atoms with E-state index in [4.69, 9.17) is 5.73 Å². The molecule has 0 unspecified atom stereocenters. The molecule has 2 aromatic rings. The zero-order chi connectivity index (χ0) is 9.26. The van der Waals surface area contributed by atoms with Gasteiger partial charge in [0.05, 0.1) is 0 Å². The lowest BCUT2D eigenvalue weighted by Crippen LogP contribution is -1.85. The van der Waals surface area contributed by atoms with E-state index in [1.807, 2.05) is 19.1 Å². The van der Waals surface area contributed by atoms with Crippen LogP contribution < -0.4 is 5.73 Å². The molecule has 0 aliphatic rings. The van der Waals surface area contributed by atoms with Gasteiger partial charge in [0, 0.05) is 6.20 Å². The van der Waals surface area contributed by atoms with Crippen molar-refractivity contribution in [1.82, 2.24) is 15.2 Å². The number of hydrogen-bond acceptors (Lipinski definition) is 5. The van der Waals surface area contributed by atoms with Crippen molar-refractivity contribution in [2.75, 3.05) is 5.73 Å². The van der Waals surface area contributed by atoms with Crippen LogP contribution in [0.4, 0.5) is 5.13 Å². The third-order valence-corrected chi connectivity index (χ3v) is 2.41. The fraction of sp³-hybridized carbons (Fsp3) is 0.125. The lowest BCUT2D eigenvalue weighted by atomic mass is 10.2. The molecule has 0 saturated carbocycles. The van der Waals surface area contributed by atoms with Gasteiger partial charge in [0.1, 0.15) is 5.69 Å². The monoisotopic (exact) mass is 192 g/mol. The normalized spacial score (nSPS) is 10.2. The molecule has 0 amide bonds. The van der Waals surface area contributed by atoms with E-state index >= 15 is 0 Å². The summed E-state index contributed by atoms with van der Waals surface area (Å²) in [7, 11) is 0. The van der Waals surface area contributed by atoms with Crippen molar-refractivity contribution in [3.05, 3.63) is 23.9 Å². The molecule has 0 aromatic carbocycles. The predicted octanol–water partition coefficient (Wildman–Crippen LogP) is 1.49. The van der Waals surface area contributed by atoms with E-state index in [0.717, 1.165) is 16.3 Å². The quantitative estimate of drug-likeness (QED) is 0.743. The lowest BCUT2D eigenvalue weighted by Gasteiger charge is -1.97. The Morgan fingerprint density at radius 3 is 2.85 bits per heavy atom. The highest BCUT2D eigenvalue weighted by atomic mass is 32.1. The molecule has 0 saturated heterocycles. The maximum absolute atomic E-state index is 5.48. The minimum atomic E-state index is 0.472. The first kappa shape index (κ1) is 8.12. The number of aryl methyl sites for hydroxylation is 1. The molecule has 2 rings (SSSR count). The van der Waals surface area contributed by atoms with Crippen LogP contribution in [0.25, 0.3) is 10.7 Å². The first-order chi connectivity index (χ1) is 6.27. The van der Waals surface area contributed by atoms with Gasteiger partial charge in [-0.05, 0) is 18.6 Å². The van der Waals surface area contributed by atoms with Crippen molar-refractivity contribution in [2.24, 2.45) is 0 Å². The van der Waals surface area contributed by atoms with Crippen molar-refractivity contribution in [3.63, 3.8) is 0 Å². The zero-order valence-electron chi connectivity index (χ0n) is 7.06. The van der Waals surface area contributed by atoms with E-state index in [9.17, 15) is 0 Å². The average Bonchev–Trinajstić information content (AvgIpc) is 2.53. The van der Waals surface area contributed by atoms with Crippen LogP contribution in [0.3, 0.4) is 0 Å². The maximum Gasteiger partial charge on any atom is 0.203 e. The van der Waals surface area contributed by atoms with Crippen molar-refractivity contribution >= 4 is 16.5 Å². The average molecular weight is 192 g/mol. The second-order valence-electron chi connectivity index (χ2n) is 2.61. The first-order valence-electron chi connectivity index (χ1n) is 3.78. The van der Waals surface area contributed by atoms with Gasteiger partial charge in [0.25, 0.3) is 0 Å². The van der Waals surface area contributed by atoms with Gasteiger partial charge < -0.3 is 5.73 Å². The van der Waals surface area contributed by atoms with E-state index in [1.54, 1.807) is 6.20 Å². The fourth-order valence-corrected chi connectivity index (χ4v) is 1.71. The van der Waals surface area contributed by atoms with E-state index in [0.29, 0.717) is 5.13 Å². The molecule has 4 nitrogen and oxygen atoms in total. The van der Waals surface area contributed by atoms with Crippen molar-refractivity contribution < 1.29 is 0 Å². The zero-order valence-corrected chi connectivity index (χ0v) is 7.88. The van der Waals surface area contributed by atoms with Crippen LogP contribution in [0.1, 0.15) is 5.56 Å². The number of nitrogens with two attached hydrogens (primary N) is 1. The highest BCUT2D eigenvalue weighted by molar-refractivity contribution is 7.18. The van der Waals surface area contributed by atoms with Gasteiger partial charge in [-0.1, -0.05) is 17.4 Å². The molecule has 13 heavy (non-hydrogen) atoms. The molecule has 0 bridgehead atoms. The van der Waals surface area contributed by atoms with Crippen LogP contribution in [-0.2, 0) is 0 Å². The third kappa shape index (κ3) is 1.50. The summed E-state index contributed by atoms with van der Waals surface area (Å²) in [5.74, 6) is 0. The molecule has 0 aliphatic carbocycles. The van der Waals surface area contributed by atoms with Gasteiger partial charge in [-0.25, -0.2) is 0 Å². The molecule has 2 aromatic heterocycles. The van der Waals surface area contributed by atoms with Crippen LogP contribution >= 0.6 is 11.3 Å². The number of hydrogen-bond donors (Lipinski definition) is 1. The van der Waals surface area contributed by atoms with Crippen LogP contribution in [-0.4, -0.2) is 15.2 Å². The number of nitrogen functional groups attached to an aromatic ring is 1. The van der Waals surface area contributed by atoms with Crippen molar-refractivity contribution in [3.8, 4) is 10.7 Å². The van der Waals surface area contributed by atoms with Crippen molar-refractivity contribution in [1.29, 1.82) is 0 Å². The standard InChI is InChI=1S/C8H8N4S/c1-5-3-2-4-10-6(5)7-11-12-8(9)13-7/h2-4H,1H3,(H2,9,12). The van der Waals surface area contributed by atoms with Crippen molar-refractivity contribution in [2.45, 2.75) is 6.92 Å². The Balaban J connectivity index is 2.52. The molecule has 66 valence electrons. The summed E-state index contributed by atoms with van der Waals surface area (Å²) in [6.07, 6.45) is 1.74. The van der Waals surface area contributed by atoms with E-state index in [1.165, 1.54) is 11.3 Å². The molecule has 0 fully saturated rings. The minimum Gasteiger partial charge on any atom is -0.374 e. The summed E-state index contributed by atoms with van der Waals surface area (Å²) in [5, 5.41) is 8.91. The summed E-state index contributed by atoms with van der Waals surface area (Å²) in [4.78, 5) is 4.21. The van der Waals surface area contributed by atoms with Crippen LogP contribution in [0.2, 0.25) is 0 Å². The Hall–Kier alpha value is -1.49. The molecule has 2 N–H and O–H groups in total. The van der Waals surface area contributed by atoms with Gasteiger partial charge in [-0.15, -0.1) is 10.2 Å². The molecule has 5 heteroatoms. The minimum absolute atomic E-state index is 0.472. The number of pyridine rings is 1. The molecule has 0 spiro atoms. The third-order valence-electron chi connectivity index (χ3n) is 1.65. The maximum atomic E-state index is 5.48. The number of aromatic nitrogens is 3. The number of anilines is 1. The summed E-state index contributed by atoms with van der Waals surface area (Å²) >= 11 is 1.35. The first-order valence-corrected chi connectivity index (χ1v) is 4.60. The van der Waals surface area contributed by atoms with Gasteiger partial charge in [0.2, 0.25) is 5.13 Å². The van der Waals surface area contributed by atoms with Crippen LogP contribution in [0.15, 0.2) is 18.3 Å². The van der Waals surface area contributed by atoms with E-state index in [2.05, 4.69) is 15.2 Å². The van der Waals surface area contributed by atoms with Crippen LogP contribution in [0, 0.1) is 6.92 Å². The molecular formula is C8H8N4S. The van der Waals surface area contributed by atoms with Gasteiger partial charge in [-0.2, -0.15) is 0 Å². The number of rotatable bonds is 1. The molecule has 0 radical (unpaired) electrons. The Kier molecular flexibility index (Phi) is 1.94. The Morgan fingerprint density at radius 1 is 1.38 bits per heavy atom. The van der Waals surface area contributed by atoms with Gasteiger partial charge >= 0.3 is 0 Å². The fourth-order valence-electron chi connectivity index (χ4n) is 1.04. The molecule has 2 heterocycles. The van der Waals surface area contributed by atoms with E-state index < -0.39 is 0 Å². The summed E-state index contributed by atoms with van der Waals surface area (Å²) in [6, 6.07) is 3.88.